The first-order valence-corrected chi connectivity index (χ1v) is 13.7. The molecule has 2 atom stereocenters. The van der Waals surface area contributed by atoms with Crippen molar-refractivity contribution in [1.29, 1.82) is 0 Å². The molecule has 206 valence electrons. The zero-order valence-corrected chi connectivity index (χ0v) is 22.2. The molecule has 11 nitrogen and oxygen atoms in total. The van der Waals surface area contributed by atoms with Gasteiger partial charge in [-0.2, -0.15) is 0 Å². The molecule has 1 N–H and O–H groups in total. The van der Waals surface area contributed by atoms with Gasteiger partial charge in [-0.1, -0.05) is 6.07 Å². The minimum atomic E-state index is -0.884. The second-order valence-electron chi connectivity index (χ2n) is 10.6. The maximum Gasteiger partial charge on any atom is 0.272 e. The lowest BCUT2D eigenvalue weighted by Crippen LogP contribution is -2.43. The average Bonchev–Trinajstić information content (AvgIpc) is 3.23. The van der Waals surface area contributed by atoms with Crippen molar-refractivity contribution in [3.63, 3.8) is 0 Å². The van der Waals surface area contributed by atoms with Gasteiger partial charge in [0, 0.05) is 38.3 Å². The molecule has 0 bridgehead atoms. The third-order valence-corrected chi connectivity index (χ3v) is 7.93. The lowest BCUT2D eigenvalue weighted by atomic mass is 9.86. The molecular weight excluding hydrogens is 512 g/mol. The molecule has 3 fully saturated rings. The number of ether oxygens (including phenoxy) is 1. The van der Waals surface area contributed by atoms with Crippen molar-refractivity contribution in [3.8, 4) is 0 Å². The summed E-state index contributed by atoms with van der Waals surface area (Å²) in [7, 11) is 0. The van der Waals surface area contributed by atoms with Crippen molar-refractivity contribution in [2.75, 3.05) is 25.0 Å². The van der Waals surface area contributed by atoms with E-state index in [1.165, 1.54) is 24.7 Å². The highest BCUT2D eigenvalue weighted by atomic mass is 16.5. The smallest absolute Gasteiger partial charge is 0.272 e. The van der Waals surface area contributed by atoms with Gasteiger partial charge < -0.3 is 19.9 Å². The maximum atomic E-state index is 13.6. The van der Waals surface area contributed by atoms with Gasteiger partial charge >= 0.3 is 0 Å². The molecule has 4 heterocycles. The molecule has 2 aliphatic carbocycles. The molecule has 11 heteroatoms. The van der Waals surface area contributed by atoms with Crippen LogP contribution in [0.1, 0.15) is 59.8 Å². The zero-order chi connectivity index (χ0) is 27.8. The van der Waals surface area contributed by atoms with Crippen LogP contribution in [0.4, 0.5) is 5.82 Å². The normalized spacial score (nSPS) is 22.7. The standard InChI is InChI=1S/C29H30N6O5/c1-17-14-32-25(16-30-17)33-27(37)22-13-20(40-24-8-11-35(29(24)39)19-4-2-5-19)12-21(26(22)36)18-6-7-23(31-15-18)28(38)34-9-3-10-34/h6-7,12-16,19,21,24H,2-5,8-11H2,1H3,(H,32,33,37)/t21?,24-/m1/s1. The average molecular weight is 543 g/mol. The quantitative estimate of drug-likeness (QED) is 0.527. The van der Waals surface area contributed by atoms with Gasteiger partial charge in [-0.25, -0.2) is 4.98 Å². The summed E-state index contributed by atoms with van der Waals surface area (Å²) in [6.07, 6.45) is 11.4. The predicted octanol–water partition coefficient (Wildman–Crippen LogP) is 2.31. The number of aromatic nitrogens is 3. The van der Waals surface area contributed by atoms with E-state index in [2.05, 4.69) is 20.3 Å². The first-order chi connectivity index (χ1) is 19.4. The largest absolute Gasteiger partial charge is 0.481 e. The van der Waals surface area contributed by atoms with Crippen LogP contribution in [0.2, 0.25) is 0 Å². The van der Waals surface area contributed by atoms with E-state index in [0.29, 0.717) is 43.0 Å². The molecule has 0 aromatic carbocycles. The van der Waals surface area contributed by atoms with Gasteiger partial charge in [-0.15, -0.1) is 0 Å². The molecule has 3 amide bonds. The Balaban J connectivity index is 1.26. The van der Waals surface area contributed by atoms with Crippen molar-refractivity contribution >= 4 is 29.3 Å². The number of anilines is 1. The van der Waals surface area contributed by atoms with E-state index < -0.39 is 23.7 Å². The Hall–Kier alpha value is -4.41. The minimum absolute atomic E-state index is 0.0658. The highest BCUT2D eigenvalue weighted by Crippen LogP contribution is 2.33. The SMILES string of the molecule is Cc1cnc(NC(=O)C2=CC(O[C@@H]3CCN(C4CCC4)C3=O)=CC(c3ccc(C(=O)N4CCC4)nc3)C2=O)cn1. The first kappa shape index (κ1) is 25.8. The highest BCUT2D eigenvalue weighted by molar-refractivity contribution is 6.26. The molecule has 40 heavy (non-hydrogen) atoms. The Morgan fingerprint density at radius 2 is 1.80 bits per heavy atom. The first-order valence-electron chi connectivity index (χ1n) is 13.7. The van der Waals surface area contributed by atoms with E-state index in [0.717, 1.165) is 25.7 Å². The molecule has 2 saturated heterocycles. The zero-order valence-electron chi connectivity index (χ0n) is 22.2. The molecule has 4 aliphatic rings. The van der Waals surface area contributed by atoms with E-state index in [4.69, 9.17) is 4.74 Å². The number of carbonyl (C=O) groups is 4. The summed E-state index contributed by atoms with van der Waals surface area (Å²) < 4.78 is 6.13. The Bertz CT molecular complexity index is 1410. The van der Waals surface area contributed by atoms with Gasteiger partial charge in [-0.3, -0.25) is 29.1 Å². The number of Topliss-reactive ketones (excluding diaryl/α,β-unsaturated/α-hetero) is 1. The monoisotopic (exact) mass is 542 g/mol. The van der Waals surface area contributed by atoms with Crippen LogP contribution in [0.3, 0.4) is 0 Å². The van der Waals surface area contributed by atoms with Gasteiger partial charge in [0.25, 0.3) is 17.7 Å². The third kappa shape index (κ3) is 4.99. The number of carbonyl (C=O) groups excluding carboxylic acids is 4. The Kier molecular flexibility index (Phi) is 6.87. The van der Waals surface area contributed by atoms with Crippen molar-refractivity contribution < 1.29 is 23.9 Å². The summed E-state index contributed by atoms with van der Waals surface area (Å²) in [5, 5.41) is 2.63. The molecule has 2 aromatic rings. The van der Waals surface area contributed by atoms with Gasteiger partial charge in [0.05, 0.1) is 29.6 Å². The van der Waals surface area contributed by atoms with E-state index in [-0.39, 0.29) is 35.0 Å². The molecule has 1 saturated carbocycles. The number of hydrogen-bond acceptors (Lipinski definition) is 8. The Labute approximate surface area is 231 Å². The number of nitrogens with zero attached hydrogens (tertiary/aromatic N) is 5. The second-order valence-corrected chi connectivity index (χ2v) is 10.6. The van der Waals surface area contributed by atoms with E-state index >= 15 is 0 Å². The van der Waals surface area contributed by atoms with Gasteiger partial charge in [0.15, 0.2) is 17.7 Å². The number of aryl methyl sites for hydroxylation is 1. The highest BCUT2D eigenvalue weighted by Gasteiger charge is 2.40. The number of ketones is 1. The van der Waals surface area contributed by atoms with E-state index in [9.17, 15) is 19.2 Å². The van der Waals surface area contributed by atoms with Crippen molar-refractivity contribution in [3.05, 3.63) is 71.2 Å². The summed E-state index contributed by atoms with van der Waals surface area (Å²) in [6.45, 7) is 3.82. The van der Waals surface area contributed by atoms with E-state index in [1.807, 2.05) is 4.90 Å². The molecule has 6 rings (SSSR count). The number of rotatable bonds is 7. The number of amides is 3. The molecule has 1 unspecified atom stereocenters. The van der Waals surface area contributed by atoms with Crippen LogP contribution < -0.4 is 5.32 Å². The fourth-order valence-electron chi connectivity index (χ4n) is 5.21. The third-order valence-electron chi connectivity index (χ3n) is 7.93. The topological polar surface area (TPSA) is 135 Å². The predicted molar refractivity (Wildman–Crippen MR) is 143 cm³/mol. The fourth-order valence-corrected chi connectivity index (χ4v) is 5.21. The van der Waals surface area contributed by atoms with Crippen LogP contribution in [0.15, 0.2) is 54.2 Å². The van der Waals surface area contributed by atoms with Crippen LogP contribution in [-0.4, -0.2) is 80.0 Å². The van der Waals surface area contributed by atoms with Crippen LogP contribution in [0.25, 0.3) is 0 Å². The maximum absolute atomic E-state index is 13.6. The number of hydrogen-bond donors (Lipinski definition) is 1. The molecular formula is C29H30N6O5. The van der Waals surface area contributed by atoms with Crippen molar-refractivity contribution in [1.82, 2.24) is 24.8 Å². The number of nitrogens with one attached hydrogen (secondary N) is 1. The Morgan fingerprint density at radius 1 is 0.975 bits per heavy atom. The molecule has 2 aromatic heterocycles. The Morgan fingerprint density at radius 3 is 2.42 bits per heavy atom. The number of allylic oxidation sites excluding steroid dienone is 2. The second kappa shape index (κ2) is 10.6. The van der Waals surface area contributed by atoms with Crippen LogP contribution >= 0.6 is 0 Å². The van der Waals surface area contributed by atoms with Crippen molar-refractivity contribution in [2.45, 2.75) is 57.1 Å². The van der Waals surface area contributed by atoms with Crippen LogP contribution in [0.5, 0.6) is 0 Å². The van der Waals surface area contributed by atoms with Crippen LogP contribution in [-0.2, 0) is 19.1 Å². The van der Waals surface area contributed by atoms with Gasteiger partial charge in [0.2, 0.25) is 0 Å². The van der Waals surface area contributed by atoms with Gasteiger partial charge in [-0.05, 0) is 56.4 Å². The lowest BCUT2D eigenvalue weighted by molar-refractivity contribution is -0.138. The minimum Gasteiger partial charge on any atom is -0.481 e. The van der Waals surface area contributed by atoms with Crippen LogP contribution in [0, 0.1) is 6.92 Å². The lowest BCUT2D eigenvalue weighted by Gasteiger charge is -2.34. The summed E-state index contributed by atoms with van der Waals surface area (Å²) in [4.78, 5) is 68.6. The summed E-state index contributed by atoms with van der Waals surface area (Å²) in [6, 6.07) is 3.53. The summed E-state index contributed by atoms with van der Waals surface area (Å²) in [5.41, 5.74) is 1.36. The number of likely N-dealkylation sites (tertiary alicyclic amines) is 2. The fraction of sp³-hybridized carbons (Fsp3) is 0.414. The molecule has 0 radical (unpaired) electrons. The van der Waals surface area contributed by atoms with Gasteiger partial charge in [0.1, 0.15) is 11.5 Å². The number of pyridine rings is 1. The summed E-state index contributed by atoms with van der Waals surface area (Å²) in [5.74, 6) is -1.75. The molecule has 0 spiro atoms. The van der Waals surface area contributed by atoms with E-state index in [1.54, 1.807) is 30.0 Å². The van der Waals surface area contributed by atoms with Crippen molar-refractivity contribution in [2.24, 2.45) is 0 Å². The molecule has 2 aliphatic heterocycles. The summed E-state index contributed by atoms with van der Waals surface area (Å²) >= 11 is 0.